The summed E-state index contributed by atoms with van der Waals surface area (Å²) in [6.07, 6.45) is 3.13. The smallest absolute Gasteiger partial charge is 0.150 e. The SMILES string of the molecule is CC(c1cccc(F)c1)N1CCN(c2ncncc2Cl)CC1. The van der Waals surface area contributed by atoms with Crippen LogP contribution in [-0.4, -0.2) is 41.0 Å². The molecule has 0 spiro atoms. The topological polar surface area (TPSA) is 32.3 Å². The van der Waals surface area contributed by atoms with E-state index < -0.39 is 0 Å². The summed E-state index contributed by atoms with van der Waals surface area (Å²) in [5, 5.41) is 0.578. The largest absolute Gasteiger partial charge is 0.353 e. The highest BCUT2D eigenvalue weighted by atomic mass is 35.5. The molecule has 1 unspecified atom stereocenters. The van der Waals surface area contributed by atoms with Crippen LogP contribution in [-0.2, 0) is 0 Å². The van der Waals surface area contributed by atoms with Crippen molar-refractivity contribution in [3.8, 4) is 0 Å². The second-order valence-electron chi connectivity index (χ2n) is 5.45. The van der Waals surface area contributed by atoms with Crippen molar-refractivity contribution in [3.05, 3.63) is 53.2 Å². The van der Waals surface area contributed by atoms with Gasteiger partial charge in [-0.15, -0.1) is 0 Å². The van der Waals surface area contributed by atoms with Crippen LogP contribution in [0.5, 0.6) is 0 Å². The highest BCUT2D eigenvalue weighted by molar-refractivity contribution is 6.32. The van der Waals surface area contributed by atoms with Gasteiger partial charge in [0.25, 0.3) is 0 Å². The predicted molar refractivity (Wildman–Crippen MR) is 85.6 cm³/mol. The second-order valence-corrected chi connectivity index (χ2v) is 5.86. The first kappa shape index (κ1) is 15.2. The molecule has 6 heteroatoms. The van der Waals surface area contributed by atoms with Crippen LogP contribution in [0.25, 0.3) is 0 Å². The lowest BCUT2D eigenvalue weighted by Crippen LogP contribution is -2.47. The molecule has 1 aromatic heterocycles. The van der Waals surface area contributed by atoms with Gasteiger partial charge in [0.2, 0.25) is 0 Å². The van der Waals surface area contributed by atoms with E-state index in [1.807, 2.05) is 6.07 Å². The van der Waals surface area contributed by atoms with Crippen molar-refractivity contribution >= 4 is 17.4 Å². The van der Waals surface area contributed by atoms with Gasteiger partial charge in [0.05, 0.1) is 6.20 Å². The van der Waals surface area contributed by atoms with Crippen LogP contribution < -0.4 is 4.90 Å². The molecule has 1 atom stereocenters. The summed E-state index contributed by atoms with van der Waals surface area (Å²) in [5.74, 6) is 0.602. The van der Waals surface area contributed by atoms with Crippen molar-refractivity contribution in [2.45, 2.75) is 13.0 Å². The molecule has 1 saturated heterocycles. The Balaban J connectivity index is 1.65. The van der Waals surface area contributed by atoms with Gasteiger partial charge in [0, 0.05) is 32.2 Å². The van der Waals surface area contributed by atoms with Gasteiger partial charge in [-0.05, 0) is 24.6 Å². The maximum atomic E-state index is 13.4. The molecular weight excluding hydrogens is 303 g/mol. The van der Waals surface area contributed by atoms with Crippen molar-refractivity contribution in [1.29, 1.82) is 0 Å². The zero-order chi connectivity index (χ0) is 15.5. The van der Waals surface area contributed by atoms with E-state index in [1.165, 1.54) is 12.4 Å². The Morgan fingerprint density at radius 3 is 2.68 bits per heavy atom. The van der Waals surface area contributed by atoms with Gasteiger partial charge in [-0.2, -0.15) is 0 Å². The van der Waals surface area contributed by atoms with Crippen molar-refractivity contribution in [2.75, 3.05) is 31.1 Å². The normalized spacial score (nSPS) is 17.5. The van der Waals surface area contributed by atoms with E-state index in [4.69, 9.17) is 11.6 Å². The van der Waals surface area contributed by atoms with E-state index in [2.05, 4.69) is 26.7 Å². The van der Waals surface area contributed by atoms with Gasteiger partial charge in [-0.25, -0.2) is 14.4 Å². The molecule has 2 heterocycles. The van der Waals surface area contributed by atoms with E-state index in [1.54, 1.807) is 18.3 Å². The minimum atomic E-state index is -0.184. The molecule has 0 N–H and O–H groups in total. The van der Waals surface area contributed by atoms with E-state index in [0.717, 1.165) is 37.6 Å². The zero-order valence-electron chi connectivity index (χ0n) is 12.4. The van der Waals surface area contributed by atoms with Crippen molar-refractivity contribution in [2.24, 2.45) is 0 Å². The fourth-order valence-corrected chi connectivity index (χ4v) is 3.06. The van der Waals surface area contributed by atoms with Crippen molar-refractivity contribution < 1.29 is 4.39 Å². The molecule has 0 amide bonds. The third kappa shape index (κ3) is 3.20. The van der Waals surface area contributed by atoms with Gasteiger partial charge >= 0.3 is 0 Å². The van der Waals surface area contributed by atoms with E-state index in [-0.39, 0.29) is 11.9 Å². The number of hydrogen-bond donors (Lipinski definition) is 0. The van der Waals surface area contributed by atoms with Gasteiger partial charge in [0.1, 0.15) is 17.2 Å². The maximum absolute atomic E-state index is 13.4. The Morgan fingerprint density at radius 1 is 1.23 bits per heavy atom. The number of piperazine rings is 1. The number of rotatable bonds is 3. The first-order valence-corrected chi connectivity index (χ1v) is 7.73. The van der Waals surface area contributed by atoms with Crippen LogP contribution in [0.4, 0.5) is 10.2 Å². The maximum Gasteiger partial charge on any atom is 0.150 e. The molecule has 4 nitrogen and oxygen atoms in total. The second kappa shape index (κ2) is 6.58. The Morgan fingerprint density at radius 2 is 2.00 bits per heavy atom. The lowest BCUT2D eigenvalue weighted by atomic mass is 10.1. The van der Waals surface area contributed by atoms with Gasteiger partial charge in [0.15, 0.2) is 5.82 Å². The third-order valence-electron chi connectivity index (χ3n) is 4.14. The molecule has 2 aromatic rings. The monoisotopic (exact) mass is 320 g/mol. The van der Waals surface area contributed by atoms with E-state index in [0.29, 0.717) is 5.02 Å². The highest BCUT2D eigenvalue weighted by Gasteiger charge is 2.24. The quantitative estimate of drug-likeness (QED) is 0.869. The predicted octanol–water partition coefficient (Wildman–Crippen LogP) is 3.15. The number of aromatic nitrogens is 2. The minimum Gasteiger partial charge on any atom is -0.353 e. The summed E-state index contributed by atoms with van der Waals surface area (Å²) in [4.78, 5) is 12.7. The summed E-state index contributed by atoms with van der Waals surface area (Å²) in [6, 6.07) is 7.02. The lowest BCUT2D eigenvalue weighted by Gasteiger charge is -2.38. The Labute approximate surface area is 134 Å². The number of hydrogen-bond acceptors (Lipinski definition) is 4. The fourth-order valence-electron chi connectivity index (χ4n) is 2.84. The highest BCUT2D eigenvalue weighted by Crippen LogP contribution is 2.26. The first-order chi connectivity index (χ1) is 10.6. The average molecular weight is 321 g/mol. The minimum absolute atomic E-state index is 0.184. The summed E-state index contributed by atoms with van der Waals surface area (Å²) < 4.78 is 13.4. The molecule has 1 aliphatic rings. The van der Waals surface area contributed by atoms with E-state index >= 15 is 0 Å². The Kier molecular flexibility index (Phi) is 4.55. The number of anilines is 1. The number of halogens is 2. The number of benzene rings is 1. The molecule has 3 rings (SSSR count). The van der Waals surface area contributed by atoms with Gasteiger partial charge in [-0.3, -0.25) is 4.90 Å². The van der Waals surface area contributed by atoms with Crippen LogP contribution in [0.2, 0.25) is 5.02 Å². The first-order valence-electron chi connectivity index (χ1n) is 7.35. The number of nitrogens with zero attached hydrogens (tertiary/aromatic N) is 4. The van der Waals surface area contributed by atoms with Crippen LogP contribution in [0, 0.1) is 5.82 Å². The molecule has 22 heavy (non-hydrogen) atoms. The van der Waals surface area contributed by atoms with Crippen molar-refractivity contribution in [1.82, 2.24) is 14.9 Å². The summed E-state index contributed by atoms with van der Waals surface area (Å²) in [7, 11) is 0. The molecule has 0 radical (unpaired) electrons. The van der Waals surface area contributed by atoms with Crippen LogP contribution >= 0.6 is 11.6 Å². The molecular formula is C16H18ClFN4. The molecule has 1 aromatic carbocycles. The Hall–Kier alpha value is -1.72. The molecule has 0 saturated carbocycles. The van der Waals surface area contributed by atoms with Gasteiger partial charge < -0.3 is 4.90 Å². The third-order valence-corrected chi connectivity index (χ3v) is 4.41. The molecule has 0 aliphatic carbocycles. The van der Waals surface area contributed by atoms with Gasteiger partial charge in [-0.1, -0.05) is 23.7 Å². The van der Waals surface area contributed by atoms with Crippen LogP contribution in [0.3, 0.4) is 0 Å². The Bertz CT molecular complexity index is 644. The summed E-state index contributed by atoms with van der Waals surface area (Å²) in [5.41, 5.74) is 1.01. The summed E-state index contributed by atoms with van der Waals surface area (Å²) in [6.45, 7) is 5.57. The van der Waals surface area contributed by atoms with Crippen LogP contribution in [0.15, 0.2) is 36.8 Å². The fraction of sp³-hybridized carbons (Fsp3) is 0.375. The molecule has 116 valence electrons. The standard InChI is InChI=1S/C16H18ClFN4/c1-12(13-3-2-4-14(18)9-13)21-5-7-22(8-6-21)16-15(17)10-19-11-20-16/h2-4,9-12H,5-8H2,1H3. The molecule has 1 aliphatic heterocycles. The summed E-state index contributed by atoms with van der Waals surface area (Å²) >= 11 is 6.15. The molecule has 1 fully saturated rings. The van der Waals surface area contributed by atoms with E-state index in [9.17, 15) is 4.39 Å². The van der Waals surface area contributed by atoms with Crippen LogP contribution in [0.1, 0.15) is 18.5 Å². The average Bonchev–Trinajstić information content (AvgIpc) is 2.55. The zero-order valence-corrected chi connectivity index (χ0v) is 13.2. The molecule has 0 bridgehead atoms. The van der Waals surface area contributed by atoms with Crippen molar-refractivity contribution in [3.63, 3.8) is 0 Å². The lowest BCUT2D eigenvalue weighted by molar-refractivity contribution is 0.198.